The van der Waals surface area contributed by atoms with E-state index >= 15 is 0 Å². The molecule has 0 atom stereocenters. The number of benzene rings is 1. The van der Waals surface area contributed by atoms with Gasteiger partial charge in [-0.05, 0) is 54.8 Å². The summed E-state index contributed by atoms with van der Waals surface area (Å²) >= 11 is 0. The smallest absolute Gasteiger partial charge is 0.406 e. The van der Waals surface area contributed by atoms with Crippen LogP contribution >= 0.6 is 0 Å². The topological polar surface area (TPSA) is 109 Å². The van der Waals surface area contributed by atoms with Crippen LogP contribution in [-0.4, -0.2) is 62.9 Å². The number of allylic oxidation sites excluding steroid dienone is 5. The molecule has 1 N–H and O–H groups in total. The van der Waals surface area contributed by atoms with Crippen LogP contribution in [-0.2, 0) is 32.5 Å². The number of amides is 1. The highest BCUT2D eigenvalue weighted by atomic mass is 32.2. The molecule has 2 aromatic rings. The van der Waals surface area contributed by atoms with Gasteiger partial charge in [0, 0.05) is 44.7 Å². The number of aryl methyl sites for hydroxylation is 2. The minimum atomic E-state index is -4.85. The number of aldehydes is 1. The molecule has 1 aliphatic carbocycles. The maximum absolute atomic E-state index is 12.9. The van der Waals surface area contributed by atoms with Gasteiger partial charge in [-0.1, -0.05) is 43.7 Å². The first-order valence-corrected chi connectivity index (χ1v) is 15.2. The molecule has 1 amide bonds. The molecule has 0 saturated carbocycles. The normalized spacial score (nSPS) is 15.8. The van der Waals surface area contributed by atoms with Crippen molar-refractivity contribution in [3.8, 4) is 0 Å². The number of halogens is 3. The number of carbonyl (C=O) groups is 2. The number of carbonyl (C=O) groups excluding carboxylic acids is 2. The van der Waals surface area contributed by atoms with Crippen molar-refractivity contribution in [3.05, 3.63) is 93.8 Å². The molecule has 9 nitrogen and oxygen atoms in total. The molecule has 43 heavy (non-hydrogen) atoms. The number of piperazine rings is 1. The lowest BCUT2D eigenvalue weighted by Crippen LogP contribution is -2.49. The summed E-state index contributed by atoms with van der Waals surface area (Å²) in [4.78, 5) is 27.3. The highest BCUT2D eigenvalue weighted by Gasteiger charge is 2.33. The first kappa shape index (κ1) is 33.5. The van der Waals surface area contributed by atoms with Gasteiger partial charge in [0.1, 0.15) is 11.6 Å². The molecule has 2 heterocycles. The van der Waals surface area contributed by atoms with Crippen molar-refractivity contribution in [2.45, 2.75) is 46.0 Å². The van der Waals surface area contributed by atoms with Gasteiger partial charge in [-0.15, -0.1) is 13.2 Å². The van der Waals surface area contributed by atoms with E-state index in [2.05, 4.69) is 46.2 Å². The monoisotopic (exact) mass is 620 g/mol. The zero-order valence-corrected chi connectivity index (χ0v) is 24.8. The van der Waals surface area contributed by atoms with Gasteiger partial charge in [-0.3, -0.25) is 9.59 Å². The maximum atomic E-state index is 12.9. The van der Waals surface area contributed by atoms with E-state index in [-0.39, 0.29) is 24.4 Å². The standard InChI is InChI=1S/C19H20F3N3O4S.C11H15NO/c1-14-15(13-26)5-8-18(23-14)24-9-11-25(12-10-24)30(27,28)17-4-2-3-16(6-7-17)29-19(20,21)22;1-2-3-10-4-6-11(7-5-10)8-12-9-13/h2-3,5-8,13H,4,9-12H2,1H3;4-7,9H,2-3,8H2,1H3,(H,12,13). The Labute approximate surface area is 249 Å². The molecule has 1 aromatic carbocycles. The summed E-state index contributed by atoms with van der Waals surface area (Å²) in [5.41, 5.74) is 3.59. The predicted octanol–water partition coefficient (Wildman–Crippen LogP) is 4.80. The molecule has 0 spiro atoms. The van der Waals surface area contributed by atoms with Crippen molar-refractivity contribution in [2.75, 3.05) is 31.1 Å². The van der Waals surface area contributed by atoms with Crippen LogP contribution in [0.25, 0.3) is 0 Å². The van der Waals surface area contributed by atoms with Crippen LogP contribution in [0.3, 0.4) is 0 Å². The highest BCUT2D eigenvalue weighted by Crippen LogP contribution is 2.27. The first-order chi connectivity index (χ1) is 20.5. The van der Waals surface area contributed by atoms with E-state index < -0.39 is 22.1 Å². The third-order valence-corrected chi connectivity index (χ3v) is 8.70. The molecule has 0 radical (unpaired) electrons. The minimum absolute atomic E-state index is 0.00252. The van der Waals surface area contributed by atoms with Crippen LogP contribution in [0.1, 0.15) is 46.9 Å². The van der Waals surface area contributed by atoms with E-state index in [1.54, 1.807) is 19.1 Å². The summed E-state index contributed by atoms with van der Waals surface area (Å²) in [7, 11) is -3.83. The summed E-state index contributed by atoms with van der Waals surface area (Å²) in [6, 6.07) is 11.7. The number of pyridine rings is 1. The first-order valence-electron chi connectivity index (χ1n) is 13.7. The summed E-state index contributed by atoms with van der Waals surface area (Å²) in [6.45, 7) is 5.72. The fourth-order valence-electron chi connectivity index (χ4n) is 4.44. The van der Waals surface area contributed by atoms with Crippen LogP contribution in [0.15, 0.2) is 71.4 Å². The second kappa shape index (κ2) is 15.5. The Morgan fingerprint density at radius 3 is 2.26 bits per heavy atom. The molecular weight excluding hydrogens is 585 g/mol. The molecule has 2 aliphatic rings. The SMILES string of the molecule is CCCc1ccc(CNC=O)cc1.Cc1nc(N2CCN(S(=O)(=O)C3=CC=C(OC(F)(F)F)C=CC3)CC2)ccc1C=O. The number of ether oxygens (including phenoxy) is 1. The molecule has 232 valence electrons. The lowest BCUT2D eigenvalue weighted by Gasteiger charge is -2.35. The molecule has 1 saturated heterocycles. The highest BCUT2D eigenvalue weighted by molar-refractivity contribution is 7.93. The average Bonchev–Trinajstić information content (AvgIpc) is 3.22. The Hall–Kier alpha value is -3.97. The van der Waals surface area contributed by atoms with Gasteiger partial charge in [0.25, 0.3) is 0 Å². The predicted molar refractivity (Wildman–Crippen MR) is 157 cm³/mol. The molecule has 13 heteroatoms. The Balaban J connectivity index is 0.000000326. The van der Waals surface area contributed by atoms with Gasteiger partial charge in [0.2, 0.25) is 16.4 Å². The van der Waals surface area contributed by atoms with Gasteiger partial charge in [-0.2, -0.15) is 4.31 Å². The van der Waals surface area contributed by atoms with Crippen LogP contribution in [0.5, 0.6) is 0 Å². The maximum Gasteiger partial charge on any atom is 0.573 e. The largest absolute Gasteiger partial charge is 0.573 e. The van der Waals surface area contributed by atoms with E-state index in [1.807, 2.05) is 4.90 Å². The van der Waals surface area contributed by atoms with Crippen LogP contribution < -0.4 is 10.2 Å². The third-order valence-electron chi connectivity index (χ3n) is 6.69. The van der Waals surface area contributed by atoms with Crippen molar-refractivity contribution in [3.63, 3.8) is 0 Å². The zero-order chi connectivity index (χ0) is 31.5. The minimum Gasteiger partial charge on any atom is -0.406 e. The van der Waals surface area contributed by atoms with Gasteiger partial charge in [-0.25, -0.2) is 13.4 Å². The summed E-state index contributed by atoms with van der Waals surface area (Å²) < 4.78 is 68.1. The molecule has 1 aliphatic heterocycles. The number of alkyl halides is 3. The number of sulfonamides is 1. The Bertz CT molecular complexity index is 1450. The number of aromatic nitrogens is 1. The van der Waals surface area contributed by atoms with Gasteiger partial charge < -0.3 is 15.0 Å². The van der Waals surface area contributed by atoms with Gasteiger partial charge in [0.05, 0.1) is 10.6 Å². The van der Waals surface area contributed by atoms with Gasteiger partial charge in [0.15, 0.2) is 6.29 Å². The molecule has 1 aromatic heterocycles. The second-order valence-electron chi connectivity index (χ2n) is 9.77. The molecule has 4 rings (SSSR count). The third kappa shape index (κ3) is 10.1. The van der Waals surface area contributed by atoms with Crippen molar-refractivity contribution < 1.29 is 35.9 Å². The second-order valence-corrected chi connectivity index (χ2v) is 11.8. The van der Waals surface area contributed by atoms with Crippen molar-refractivity contribution in [1.29, 1.82) is 0 Å². The molecule has 0 bridgehead atoms. The molecule has 1 fully saturated rings. The lowest BCUT2D eigenvalue weighted by atomic mass is 10.1. The molecular formula is C30H35F3N4O5S. The van der Waals surface area contributed by atoms with Crippen LogP contribution in [0.4, 0.5) is 19.0 Å². The molecule has 0 unspecified atom stereocenters. The van der Waals surface area contributed by atoms with Crippen LogP contribution in [0, 0.1) is 6.92 Å². The number of rotatable bonds is 10. The number of nitrogens with zero attached hydrogens (tertiary/aromatic N) is 3. The Morgan fingerprint density at radius 1 is 1.00 bits per heavy atom. The van der Waals surface area contributed by atoms with E-state index in [0.29, 0.717) is 36.7 Å². The number of hydrogen-bond donors (Lipinski definition) is 1. The Morgan fingerprint density at radius 2 is 1.67 bits per heavy atom. The van der Waals surface area contributed by atoms with E-state index in [1.165, 1.54) is 22.4 Å². The number of anilines is 1. The van der Waals surface area contributed by atoms with Gasteiger partial charge >= 0.3 is 6.36 Å². The fourth-order valence-corrected chi connectivity index (χ4v) is 5.96. The quantitative estimate of drug-likeness (QED) is 0.380. The summed E-state index contributed by atoms with van der Waals surface area (Å²) in [5, 5.41) is 2.64. The lowest BCUT2D eigenvalue weighted by molar-refractivity contribution is -0.303. The van der Waals surface area contributed by atoms with Crippen LogP contribution in [0.2, 0.25) is 0 Å². The average molecular weight is 621 g/mol. The fraction of sp³-hybridized carbons (Fsp3) is 0.367. The summed E-state index contributed by atoms with van der Waals surface area (Å²) in [6.07, 6.45) is 3.44. The van der Waals surface area contributed by atoms with Crippen molar-refractivity contribution >= 4 is 28.5 Å². The summed E-state index contributed by atoms with van der Waals surface area (Å²) in [5.74, 6) is 0.182. The van der Waals surface area contributed by atoms with E-state index in [4.69, 9.17) is 0 Å². The number of hydrogen-bond acceptors (Lipinski definition) is 7. The zero-order valence-electron chi connectivity index (χ0n) is 24.0. The van der Waals surface area contributed by atoms with E-state index in [9.17, 15) is 31.2 Å². The Kier molecular flexibility index (Phi) is 12.1. The van der Waals surface area contributed by atoms with Crippen molar-refractivity contribution in [1.82, 2.24) is 14.6 Å². The van der Waals surface area contributed by atoms with Crippen molar-refractivity contribution in [2.24, 2.45) is 0 Å². The van der Waals surface area contributed by atoms with E-state index in [0.717, 1.165) is 42.9 Å². The number of nitrogens with one attached hydrogen (secondary N) is 1.